The van der Waals surface area contributed by atoms with Crippen LogP contribution in [-0.2, 0) is 32.5 Å². The molecule has 1 aromatic carbocycles. The first-order valence-electron chi connectivity index (χ1n) is 12.9. The normalized spacial score (nSPS) is 13.7. The lowest BCUT2D eigenvalue weighted by atomic mass is 9.94. The van der Waals surface area contributed by atoms with Crippen molar-refractivity contribution in [1.82, 2.24) is 14.1 Å². The van der Waals surface area contributed by atoms with E-state index in [-0.39, 0.29) is 11.6 Å². The van der Waals surface area contributed by atoms with Gasteiger partial charge in [0.25, 0.3) is 5.56 Å². The maximum atomic E-state index is 12.7. The van der Waals surface area contributed by atoms with E-state index in [0.29, 0.717) is 37.4 Å². The first-order valence-corrected chi connectivity index (χ1v) is 12.9. The summed E-state index contributed by atoms with van der Waals surface area (Å²) in [5.41, 5.74) is 3.47. The predicted molar refractivity (Wildman–Crippen MR) is 147 cm³/mol. The molecule has 0 bridgehead atoms. The van der Waals surface area contributed by atoms with Crippen molar-refractivity contribution in [1.29, 1.82) is 0 Å². The van der Waals surface area contributed by atoms with Crippen molar-refractivity contribution in [3.63, 3.8) is 0 Å². The van der Waals surface area contributed by atoms with Crippen LogP contribution in [0.4, 0.5) is 0 Å². The van der Waals surface area contributed by atoms with Gasteiger partial charge in [-0.3, -0.25) is 9.59 Å². The van der Waals surface area contributed by atoms with Crippen LogP contribution in [0.2, 0.25) is 0 Å². The Morgan fingerprint density at radius 3 is 2.34 bits per heavy atom. The minimum Gasteiger partial charge on any atom is -0.460 e. The number of pyridine rings is 1. The van der Waals surface area contributed by atoms with Crippen molar-refractivity contribution < 1.29 is 24.1 Å². The number of aromatic nitrogens is 3. The minimum atomic E-state index is -0.827. The van der Waals surface area contributed by atoms with Crippen LogP contribution < -0.4 is 5.56 Å². The summed E-state index contributed by atoms with van der Waals surface area (Å²) in [6, 6.07) is 7.70. The van der Waals surface area contributed by atoms with Crippen LogP contribution in [0, 0.1) is 12.8 Å². The molecule has 2 atom stereocenters. The maximum Gasteiger partial charge on any atom is 0.312 e. The third kappa shape index (κ3) is 6.89. The number of benzene rings is 1. The Labute approximate surface area is 224 Å². The highest BCUT2D eigenvalue weighted by atomic mass is 16.6. The average Bonchev–Trinajstić information content (AvgIpc) is 3.19. The van der Waals surface area contributed by atoms with Crippen molar-refractivity contribution in [3.8, 4) is 11.4 Å². The van der Waals surface area contributed by atoms with Crippen LogP contribution >= 0.6 is 0 Å². The van der Waals surface area contributed by atoms with Crippen molar-refractivity contribution in [2.45, 2.75) is 65.2 Å². The number of methoxy groups -OCH3 is 2. The van der Waals surface area contributed by atoms with Gasteiger partial charge in [0.05, 0.1) is 42.3 Å². The molecule has 208 valence electrons. The number of rotatable bonds is 11. The highest BCUT2D eigenvalue weighted by Gasteiger charge is 2.29. The summed E-state index contributed by atoms with van der Waals surface area (Å²) in [5.74, 6) is -0.314. The summed E-state index contributed by atoms with van der Waals surface area (Å²) >= 11 is 0. The van der Waals surface area contributed by atoms with Gasteiger partial charge < -0.3 is 28.5 Å². The summed E-state index contributed by atoms with van der Waals surface area (Å²) < 4.78 is 20.3. The first kappa shape index (κ1) is 29.5. The molecule has 0 aliphatic heterocycles. The summed E-state index contributed by atoms with van der Waals surface area (Å²) in [6.07, 6.45) is 1.98. The average molecular weight is 528 g/mol. The van der Waals surface area contributed by atoms with Gasteiger partial charge in [-0.1, -0.05) is 6.07 Å². The molecule has 0 fully saturated rings. The van der Waals surface area contributed by atoms with Crippen LogP contribution in [0.3, 0.4) is 0 Å². The molecule has 0 spiro atoms. The second kappa shape index (κ2) is 12.2. The van der Waals surface area contributed by atoms with E-state index in [2.05, 4.69) is 10.6 Å². The third-order valence-electron chi connectivity index (χ3n) is 6.49. The number of hydrogen-bond acceptors (Lipinski definition) is 7. The summed E-state index contributed by atoms with van der Waals surface area (Å²) in [6.45, 7) is 9.68. The third-order valence-corrected chi connectivity index (χ3v) is 6.49. The number of aliphatic hydroxyl groups excluding tert-OH is 1. The van der Waals surface area contributed by atoms with Gasteiger partial charge in [-0.2, -0.15) is 0 Å². The molecule has 0 saturated heterocycles. The molecular formula is C29H41N3O6. The van der Waals surface area contributed by atoms with Crippen LogP contribution in [0.25, 0.3) is 22.4 Å². The van der Waals surface area contributed by atoms with E-state index < -0.39 is 23.6 Å². The van der Waals surface area contributed by atoms with Gasteiger partial charge in [0.1, 0.15) is 11.4 Å². The van der Waals surface area contributed by atoms with Crippen molar-refractivity contribution in [2.24, 2.45) is 13.0 Å². The van der Waals surface area contributed by atoms with Gasteiger partial charge in [-0.25, -0.2) is 4.98 Å². The quantitative estimate of drug-likeness (QED) is 0.378. The molecule has 0 amide bonds. The largest absolute Gasteiger partial charge is 0.460 e. The zero-order valence-corrected chi connectivity index (χ0v) is 23.8. The van der Waals surface area contributed by atoms with E-state index in [1.165, 1.54) is 0 Å². The van der Waals surface area contributed by atoms with Crippen molar-refractivity contribution in [2.75, 3.05) is 27.4 Å². The van der Waals surface area contributed by atoms with E-state index in [1.807, 2.05) is 39.0 Å². The monoisotopic (exact) mass is 527 g/mol. The highest BCUT2D eigenvalue weighted by molar-refractivity contribution is 5.81. The van der Waals surface area contributed by atoms with Gasteiger partial charge in [0.2, 0.25) is 0 Å². The molecule has 9 heteroatoms. The highest BCUT2D eigenvalue weighted by Crippen LogP contribution is 2.30. The topological polar surface area (TPSA) is 105 Å². The Kier molecular flexibility index (Phi) is 9.51. The molecule has 3 rings (SSSR count). The molecule has 0 unspecified atom stereocenters. The second-order valence-electron chi connectivity index (χ2n) is 10.9. The predicted octanol–water partition coefficient (Wildman–Crippen LogP) is 3.82. The number of nitrogens with zero attached hydrogens (tertiary/aromatic N) is 3. The minimum absolute atomic E-state index is 0.0540. The van der Waals surface area contributed by atoms with Crippen LogP contribution in [0.15, 0.2) is 35.3 Å². The summed E-state index contributed by atoms with van der Waals surface area (Å²) in [7, 11) is 5.03. The summed E-state index contributed by atoms with van der Waals surface area (Å²) in [4.78, 5) is 30.0. The van der Waals surface area contributed by atoms with Gasteiger partial charge >= 0.3 is 5.97 Å². The number of aryl methyl sites for hydroxylation is 3. The second-order valence-corrected chi connectivity index (χ2v) is 10.9. The molecular weight excluding hydrogens is 486 g/mol. The van der Waals surface area contributed by atoms with Gasteiger partial charge in [0.15, 0.2) is 0 Å². The van der Waals surface area contributed by atoms with Crippen LogP contribution in [0.1, 0.15) is 51.3 Å². The zero-order chi connectivity index (χ0) is 28.2. The maximum absolute atomic E-state index is 12.7. The van der Waals surface area contributed by atoms with Gasteiger partial charge in [0, 0.05) is 38.6 Å². The molecule has 3 aromatic rings. The lowest BCUT2D eigenvalue weighted by Gasteiger charge is -2.25. The Bertz CT molecular complexity index is 1290. The lowest BCUT2D eigenvalue weighted by molar-refractivity contribution is -0.163. The van der Waals surface area contributed by atoms with Crippen molar-refractivity contribution in [3.05, 3.63) is 51.9 Å². The fourth-order valence-corrected chi connectivity index (χ4v) is 4.70. The molecule has 0 saturated carbocycles. The smallest absolute Gasteiger partial charge is 0.312 e. The van der Waals surface area contributed by atoms with Gasteiger partial charge in [-0.05, 0) is 71.2 Å². The van der Waals surface area contributed by atoms with E-state index in [0.717, 1.165) is 22.2 Å². The number of fused-ring (bicyclic) bond motifs is 1. The molecule has 2 aromatic heterocycles. The SMILES string of the molecule is COCC(COC)n1c(-c2cc(C)c(=O)n(C)c2)nc2ccc(CC[C@H](C(=O)OC(C)(C)C)[C@@H](C)O)cc21. The van der Waals surface area contributed by atoms with E-state index in [1.54, 1.807) is 45.9 Å². The number of aliphatic hydroxyl groups is 1. The number of esters is 1. The number of carbonyl (C=O) groups excluding carboxylic acids is 1. The fraction of sp³-hybridized carbons (Fsp3) is 0.552. The Hall–Kier alpha value is -3.01. The molecule has 0 radical (unpaired) electrons. The van der Waals surface area contributed by atoms with E-state index in [9.17, 15) is 14.7 Å². The molecule has 1 N–H and O–H groups in total. The van der Waals surface area contributed by atoms with Crippen LogP contribution in [-0.4, -0.2) is 64.3 Å². The standard InChI is InChI=1S/C29H41N3O6/c1-18-13-21(15-31(6)27(18)34)26-30-24-12-10-20(14-25(24)32(26)22(16-36-7)17-37-8)9-11-23(19(2)33)28(35)38-29(3,4)5/h10,12-15,19,22-23,33H,9,11,16-17H2,1-8H3/t19-,23+/m1/s1. The zero-order valence-electron chi connectivity index (χ0n) is 23.8. The molecule has 2 heterocycles. The molecule has 38 heavy (non-hydrogen) atoms. The number of imidazole rings is 1. The molecule has 0 aliphatic carbocycles. The first-order chi connectivity index (χ1) is 17.9. The molecule has 9 nitrogen and oxygen atoms in total. The summed E-state index contributed by atoms with van der Waals surface area (Å²) in [5, 5.41) is 10.3. The van der Waals surface area contributed by atoms with Crippen molar-refractivity contribution >= 4 is 17.0 Å². The Morgan fingerprint density at radius 1 is 1.13 bits per heavy atom. The fourth-order valence-electron chi connectivity index (χ4n) is 4.70. The van der Waals surface area contributed by atoms with Gasteiger partial charge in [-0.15, -0.1) is 0 Å². The Morgan fingerprint density at radius 2 is 1.79 bits per heavy atom. The van der Waals surface area contributed by atoms with E-state index in [4.69, 9.17) is 19.2 Å². The van der Waals surface area contributed by atoms with E-state index >= 15 is 0 Å². The molecule has 0 aliphatic rings. The number of carbonyl (C=O) groups is 1. The number of hydrogen-bond donors (Lipinski definition) is 1. The van der Waals surface area contributed by atoms with Crippen LogP contribution in [0.5, 0.6) is 0 Å². The lowest BCUT2D eigenvalue weighted by Crippen LogP contribution is -2.34. The number of ether oxygens (including phenoxy) is 3. The Balaban J connectivity index is 2.06.